The zero-order chi connectivity index (χ0) is 16.6. The fourth-order valence-electron chi connectivity index (χ4n) is 3.04. The summed E-state index contributed by atoms with van der Waals surface area (Å²) in [7, 11) is 1.89. The van der Waals surface area contributed by atoms with E-state index in [0.29, 0.717) is 32.5 Å². The molecule has 2 aromatic rings. The Morgan fingerprint density at radius 3 is 2.70 bits per heavy atom. The van der Waals surface area contributed by atoms with Crippen molar-refractivity contribution in [2.45, 2.75) is 26.7 Å². The topological polar surface area (TPSA) is 64.4 Å². The average Bonchev–Trinajstić information content (AvgIpc) is 3.09. The maximum Gasteiger partial charge on any atom is 0.309 e. The summed E-state index contributed by atoms with van der Waals surface area (Å²) >= 11 is 1.48. The van der Waals surface area contributed by atoms with Crippen LogP contribution in [0.1, 0.15) is 35.1 Å². The van der Waals surface area contributed by atoms with Gasteiger partial charge in [0.1, 0.15) is 4.83 Å². The summed E-state index contributed by atoms with van der Waals surface area (Å²) in [6.45, 7) is 5.39. The third-order valence-electron chi connectivity index (χ3n) is 4.31. The van der Waals surface area contributed by atoms with Crippen LogP contribution in [0.2, 0.25) is 0 Å². The highest BCUT2D eigenvalue weighted by Gasteiger charge is 2.29. The second-order valence-electron chi connectivity index (χ2n) is 5.86. The number of thiophene rings is 1. The minimum Gasteiger partial charge on any atom is -0.466 e. The molecule has 6 nitrogen and oxygen atoms in total. The van der Waals surface area contributed by atoms with E-state index in [1.54, 1.807) is 0 Å². The van der Waals surface area contributed by atoms with E-state index in [1.165, 1.54) is 11.3 Å². The van der Waals surface area contributed by atoms with Crippen molar-refractivity contribution in [1.29, 1.82) is 0 Å². The fraction of sp³-hybridized carbons (Fsp3) is 0.562. The number of nitrogens with zero attached hydrogens (tertiary/aromatic N) is 3. The molecule has 2 aromatic heterocycles. The van der Waals surface area contributed by atoms with Crippen LogP contribution in [0.15, 0.2) is 6.07 Å². The maximum absolute atomic E-state index is 12.7. The molecule has 0 aromatic carbocycles. The van der Waals surface area contributed by atoms with Crippen LogP contribution in [-0.4, -0.2) is 46.3 Å². The van der Waals surface area contributed by atoms with Gasteiger partial charge in [-0.2, -0.15) is 5.10 Å². The Kier molecular flexibility index (Phi) is 4.39. The molecule has 7 heteroatoms. The van der Waals surface area contributed by atoms with E-state index in [1.807, 2.05) is 36.5 Å². The molecule has 0 aliphatic carbocycles. The number of ether oxygens (including phenoxy) is 1. The van der Waals surface area contributed by atoms with Gasteiger partial charge in [-0.05, 0) is 32.8 Å². The first-order valence-corrected chi connectivity index (χ1v) is 8.72. The molecule has 0 unspecified atom stereocenters. The quantitative estimate of drug-likeness (QED) is 0.808. The van der Waals surface area contributed by atoms with E-state index in [-0.39, 0.29) is 17.8 Å². The minimum absolute atomic E-state index is 0.0490. The molecule has 0 spiro atoms. The first-order valence-electron chi connectivity index (χ1n) is 7.90. The fourth-order valence-corrected chi connectivity index (χ4v) is 4.14. The standard InChI is InChI=1S/C16H21N3O3S/c1-4-22-16(21)11-5-7-19(8-6-11)14(20)13-9-12-10(2)17-18(3)15(12)23-13/h9,11H,4-8H2,1-3H3. The normalized spacial score (nSPS) is 16.0. The average molecular weight is 335 g/mol. The Morgan fingerprint density at radius 2 is 2.09 bits per heavy atom. The van der Waals surface area contributed by atoms with Gasteiger partial charge in [0, 0.05) is 25.5 Å². The van der Waals surface area contributed by atoms with Crippen molar-refractivity contribution >= 4 is 33.4 Å². The van der Waals surface area contributed by atoms with Crippen molar-refractivity contribution in [2.24, 2.45) is 13.0 Å². The van der Waals surface area contributed by atoms with Crippen molar-refractivity contribution in [3.05, 3.63) is 16.6 Å². The summed E-state index contributed by atoms with van der Waals surface area (Å²) in [5.41, 5.74) is 0.943. The number of likely N-dealkylation sites (tertiary alicyclic amines) is 1. The predicted molar refractivity (Wildman–Crippen MR) is 88.6 cm³/mol. The molecule has 1 saturated heterocycles. The number of fused-ring (bicyclic) bond motifs is 1. The highest BCUT2D eigenvalue weighted by atomic mass is 32.1. The molecule has 3 heterocycles. The number of carbonyl (C=O) groups excluding carboxylic acids is 2. The highest BCUT2D eigenvalue weighted by Crippen LogP contribution is 2.29. The Hall–Kier alpha value is -1.89. The van der Waals surface area contributed by atoms with Crippen LogP contribution < -0.4 is 0 Å². The van der Waals surface area contributed by atoms with Gasteiger partial charge in [0.15, 0.2) is 0 Å². The summed E-state index contributed by atoms with van der Waals surface area (Å²) in [5.74, 6) is -0.163. The molecule has 1 amide bonds. The number of hydrogen-bond donors (Lipinski definition) is 0. The number of hydrogen-bond acceptors (Lipinski definition) is 5. The smallest absolute Gasteiger partial charge is 0.309 e. The monoisotopic (exact) mass is 335 g/mol. The number of aryl methyl sites for hydroxylation is 2. The zero-order valence-electron chi connectivity index (χ0n) is 13.7. The molecule has 0 bridgehead atoms. The summed E-state index contributed by atoms with van der Waals surface area (Å²) in [4.78, 5) is 28.1. The van der Waals surface area contributed by atoms with Gasteiger partial charge in [-0.15, -0.1) is 11.3 Å². The van der Waals surface area contributed by atoms with Gasteiger partial charge in [-0.1, -0.05) is 0 Å². The van der Waals surface area contributed by atoms with Crippen LogP contribution in [0.3, 0.4) is 0 Å². The molecule has 0 saturated carbocycles. The van der Waals surface area contributed by atoms with Gasteiger partial charge in [0.05, 0.1) is 23.1 Å². The summed E-state index contributed by atoms with van der Waals surface area (Å²) in [6.07, 6.45) is 1.35. The molecule has 0 N–H and O–H groups in total. The van der Waals surface area contributed by atoms with E-state index in [4.69, 9.17) is 4.74 Å². The molecule has 0 atom stereocenters. The molecule has 0 radical (unpaired) electrons. The number of esters is 1. The second-order valence-corrected chi connectivity index (χ2v) is 6.89. The van der Waals surface area contributed by atoms with Crippen LogP contribution in [0.5, 0.6) is 0 Å². The first kappa shape index (κ1) is 16.0. The molecule has 23 heavy (non-hydrogen) atoms. The number of piperidine rings is 1. The SMILES string of the molecule is CCOC(=O)C1CCN(C(=O)c2cc3c(C)nn(C)c3s2)CC1. The van der Waals surface area contributed by atoms with Gasteiger partial charge in [0.25, 0.3) is 5.91 Å². The summed E-state index contributed by atoms with van der Waals surface area (Å²) < 4.78 is 6.89. The van der Waals surface area contributed by atoms with Crippen LogP contribution in [0.25, 0.3) is 10.2 Å². The molecular formula is C16H21N3O3S. The summed E-state index contributed by atoms with van der Waals surface area (Å²) in [6, 6.07) is 1.93. The van der Waals surface area contributed by atoms with Gasteiger partial charge in [0.2, 0.25) is 0 Å². The Labute approximate surface area is 139 Å². The Bertz CT molecular complexity index is 707. The Balaban J connectivity index is 1.69. The van der Waals surface area contributed by atoms with E-state index in [2.05, 4.69) is 5.10 Å². The number of rotatable bonds is 3. The number of carbonyl (C=O) groups is 2. The van der Waals surface area contributed by atoms with Crippen LogP contribution >= 0.6 is 11.3 Å². The van der Waals surface area contributed by atoms with Crippen LogP contribution in [0.4, 0.5) is 0 Å². The van der Waals surface area contributed by atoms with Gasteiger partial charge in [-0.3, -0.25) is 14.3 Å². The third-order valence-corrected chi connectivity index (χ3v) is 5.50. The molecule has 3 rings (SSSR count). The molecule has 1 fully saturated rings. The lowest BCUT2D eigenvalue weighted by molar-refractivity contribution is -0.149. The van der Waals surface area contributed by atoms with E-state index in [0.717, 1.165) is 20.8 Å². The number of aromatic nitrogens is 2. The lowest BCUT2D eigenvalue weighted by atomic mass is 9.97. The van der Waals surface area contributed by atoms with E-state index < -0.39 is 0 Å². The van der Waals surface area contributed by atoms with Crippen molar-refractivity contribution in [1.82, 2.24) is 14.7 Å². The van der Waals surface area contributed by atoms with Crippen molar-refractivity contribution in [3.8, 4) is 0 Å². The van der Waals surface area contributed by atoms with Gasteiger partial charge in [-0.25, -0.2) is 0 Å². The molecule has 124 valence electrons. The van der Waals surface area contributed by atoms with Gasteiger partial charge < -0.3 is 9.64 Å². The predicted octanol–water partition coefficient (Wildman–Crippen LogP) is 2.36. The van der Waals surface area contributed by atoms with Crippen molar-refractivity contribution < 1.29 is 14.3 Å². The Morgan fingerprint density at radius 1 is 1.39 bits per heavy atom. The molecular weight excluding hydrogens is 314 g/mol. The largest absolute Gasteiger partial charge is 0.466 e. The highest BCUT2D eigenvalue weighted by molar-refractivity contribution is 7.20. The molecule has 1 aliphatic rings. The third kappa shape index (κ3) is 2.97. The van der Waals surface area contributed by atoms with E-state index >= 15 is 0 Å². The van der Waals surface area contributed by atoms with Crippen molar-refractivity contribution in [3.63, 3.8) is 0 Å². The second kappa shape index (κ2) is 6.31. The molecule has 1 aliphatic heterocycles. The zero-order valence-corrected chi connectivity index (χ0v) is 14.5. The van der Waals surface area contributed by atoms with Crippen LogP contribution in [-0.2, 0) is 16.6 Å². The van der Waals surface area contributed by atoms with Crippen LogP contribution in [0, 0.1) is 12.8 Å². The first-order chi connectivity index (χ1) is 11.0. The summed E-state index contributed by atoms with van der Waals surface area (Å²) in [5, 5.41) is 5.40. The van der Waals surface area contributed by atoms with Gasteiger partial charge >= 0.3 is 5.97 Å². The lowest BCUT2D eigenvalue weighted by Gasteiger charge is -2.30. The number of amides is 1. The van der Waals surface area contributed by atoms with Crippen molar-refractivity contribution in [2.75, 3.05) is 19.7 Å². The van der Waals surface area contributed by atoms with E-state index in [9.17, 15) is 9.59 Å². The lowest BCUT2D eigenvalue weighted by Crippen LogP contribution is -2.40. The maximum atomic E-state index is 12.7. The minimum atomic E-state index is -0.136.